The van der Waals surface area contributed by atoms with Crippen LogP contribution < -0.4 is 0 Å². The molecule has 0 fully saturated rings. The molecule has 0 aliphatic heterocycles. The molecule has 1 atom stereocenters. The summed E-state index contributed by atoms with van der Waals surface area (Å²) in [4.78, 5) is 3.87. The van der Waals surface area contributed by atoms with Gasteiger partial charge in [0.2, 0.25) is 0 Å². The summed E-state index contributed by atoms with van der Waals surface area (Å²) in [5.74, 6) is 0. The van der Waals surface area contributed by atoms with Crippen molar-refractivity contribution in [2.75, 3.05) is 20.6 Å². The van der Waals surface area contributed by atoms with Crippen LogP contribution in [0, 0.1) is 13.8 Å². The summed E-state index contributed by atoms with van der Waals surface area (Å²) < 4.78 is 0. The lowest BCUT2D eigenvalue weighted by atomic mass is 9.99. The van der Waals surface area contributed by atoms with Crippen LogP contribution in [-0.4, -0.2) is 45.7 Å². The fraction of sp³-hybridized carbons (Fsp3) is 0.500. The van der Waals surface area contributed by atoms with E-state index in [1.807, 2.05) is 0 Å². The topological polar surface area (TPSA) is 46.8 Å². The highest BCUT2D eigenvalue weighted by molar-refractivity contribution is 5.31. The zero-order valence-corrected chi connectivity index (χ0v) is 12.0. The van der Waals surface area contributed by atoms with E-state index in [2.05, 4.69) is 66.5 Å². The van der Waals surface area contributed by atoms with Gasteiger partial charge in [0.05, 0.1) is 6.04 Å². The van der Waals surface area contributed by atoms with E-state index < -0.39 is 0 Å². The molecule has 0 radical (unpaired) electrons. The van der Waals surface area contributed by atoms with Crippen LogP contribution in [0.4, 0.5) is 0 Å². The molecule has 5 nitrogen and oxygen atoms in total. The molecule has 0 N–H and O–H groups in total. The predicted molar refractivity (Wildman–Crippen MR) is 75.0 cm³/mol. The maximum absolute atomic E-state index is 4.20. The van der Waals surface area contributed by atoms with E-state index in [4.69, 9.17) is 0 Å². The third kappa shape index (κ3) is 3.38. The summed E-state index contributed by atoms with van der Waals surface area (Å²) >= 11 is 0. The summed E-state index contributed by atoms with van der Waals surface area (Å²) in [6.45, 7) is 5.25. The van der Waals surface area contributed by atoms with Gasteiger partial charge in [-0.1, -0.05) is 18.2 Å². The van der Waals surface area contributed by atoms with Crippen molar-refractivity contribution in [3.05, 3.63) is 41.2 Å². The summed E-state index contributed by atoms with van der Waals surface area (Å²) in [5, 5.41) is 12.1. The minimum absolute atomic E-state index is 0.143. The fourth-order valence-electron chi connectivity index (χ4n) is 2.09. The molecule has 102 valence electrons. The minimum Gasteiger partial charge on any atom is -0.309 e. The molecule has 5 heteroatoms. The van der Waals surface area contributed by atoms with Crippen molar-refractivity contribution >= 4 is 0 Å². The van der Waals surface area contributed by atoms with Gasteiger partial charge in [0.1, 0.15) is 0 Å². The van der Waals surface area contributed by atoms with Crippen LogP contribution in [0.1, 0.15) is 29.2 Å². The number of rotatable bonds is 5. The zero-order chi connectivity index (χ0) is 13.8. The van der Waals surface area contributed by atoms with Crippen molar-refractivity contribution in [1.82, 2.24) is 25.1 Å². The summed E-state index contributed by atoms with van der Waals surface area (Å²) in [5.41, 5.74) is 3.84. The molecular formula is C14H21N5. The second-order valence-corrected chi connectivity index (χ2v) is 5.21. The van der Waals surface area contributed by atoms with Gasteiger partial charge in [0, 0.05) is 0 Å². The van der Waals surface area contributed by atoms with Crippen molar-refractivity contribution in [1.29, 1.82) is 0 Å². The van der Waals surface area contributed by atoms with E-state index in [0.717, 1.165) is 13.0 Å². The normalized spacial score (nSPS) is 12.9. The molecule has 1 heterocycles. The second-order valence-electron chi connectivity index (χ2n) is 5.21. The minimum atomic E-state index is 0.143. The molecule has 1 aromatic heterocycles. The lowest BCUT2D eigenvalue weighted by Gasteiger charge is -2.19. The Morgan fingerprint density at radius 1 is 1.21 bits per heavy atom. The molecule has 2 aromatic rings. The molecule has 19 heavy (non-hydrogen) atoms. The number of benzene rings is 1. The summed E-state index contributed by atoms with van der Waals surface area (Å²) in [6.07, 6.45) is 2.45. The highest BCUT2D eigenvalue weighted by atomic mass is 15.6. The van der Waals surface area contributed by atoms with Gasteiger partial charge in [0.25, 0.3) is 0 Å². The van der Waals surface area contributed by atoms with E-state index in [9.17, 15) is 0 Å². The van der Waals surface area contributed by atoms with Crippen molar-refractivity contribution < 1.29 is 0 Å². The van der Waals surface area contributed by atoms with Crippen molar-refractivity contribution in [2.24, 2.45) is 0 Å². The molecule has 1 unspecified atom stereocenters. The Morgan fingerprint density at radius 3 is 2.58 bits per heavy atom. The fourth-order valence-corrected chi connectivity index (χ4v) is 2.09. The third-order valence-electron chi connectivity index (χ3n) is 3.41. The van der Waals surface area contributed by atoms with Crippen LogP contribution in [0.5, 0.6) is 0 Å². The van der Waals surface area contributed by atoms with Crippen LogP contribution in [0.15, 0.2) is 24.5 Å². The van der Waals surface area contributed by atoms with Crippen molar-refractivity contribution in [3.8, 4) is 0 Å². The van der Waals surface area contributed by atoms with E-state index in [1.54, 1.807) is 4.80 Å². The molecule has 0 spiro atoms. The van der Waals surface area contributed by atoms with E-state index in [-0.39, 0.29) is 6.04 Å². The van der Waals surface area contributed by atoms with Gasteiger partial charge in [-0.15, -0.1) is 10.2 Å². The van der Waals surface area contributed by atoms with E-state index in [1.165, 1.54) is 23.0 Å². The Labute approximate surface area is 114 Å². The molecule has 0 saturated carbocycles. The van der Waals surface area contributed by atoms with E-state index in [0.29, 0.717) is 0 Å². The first-order valence-electron chi connectivity index (χ1n) is 6.52. The van der Waals surface area contributed by atoms with Gasteiger partial charge < -0.3 is 4.90 Å². The van der Waals surface area contributed by atoms with E-state index >= 15 is 0 Å². The molecular weight excluding hydrogens is 238 g/mol. The Kier molecular flexibility index (Phi) is 4.27. The highest BCUT2D eigenvalue weighted by Crippen LogP contribution is 2.22. The quantitative estimate of drug-likeness (QED) is 0.822. The Morgan fingerprint density at radius 2 is 2.00 bits per heavy atom. The van der Waals surface area contributed by atoms with Crippen LogP contribution in [0.3, 0.4) is 0 Å². The summed E-state index contributed by atoms with van der Waals surface area (Å²) in [6, 6.07) is 6.68. The molecule has 0 bridgehead atoms. The standard InChI is InChI=1S/C14H21N5/c1-11-5-6-13(9-12(11)2)14(7-8-18(3)4)19-16-10-15-17-19/h5-6,9-10,14H,7-8H2,1-4H3. The largest absolute Gasteiger partial charge is 0.309 e. The number of hydrogen-bond acceptors (Lipinski definition) is 4. The molecule has 2 rings (SSSR count). The first kappa shape index (κ1) is 13.7. The second kappa shape index (κ2) is 5.93. The lowest BCUT2D eigenvalue weighted by molar-refractivity contribution is 0.339. The Bertz CT molecular complexity index is 519. The van der Waals surface area contributed by atoms with Crippen LogP contribution >= 0.6 is 0 Å². The van der Waals surface area contributed by atoms with Gasteiger partial charge in [0.15, 0.2) is 6.33 Å². The van der Waals surface area contributed by atoms with Gasteiger partial charge in [-0.2, -0.15) is 4.80 Å². The van der Waals surface area contributed by atoms with Gasteiger partial charge in [-0.05, 0) is 62.8 Å². The molecule has 1 aromatic carbocycles. The maximum Gasteiger partial charge on any atom is 0.162 e. The molecule has 0 saturated heterocycles. The lowest BCUT2D eigenvalue weighted by Crippen LogP contribution is -2.21. The van der Waals surface area contributed by atoms with Gasteiger partial charge >= 0.3 is 0 Å². The molecule has 0 aliphatic rings. The summed E-state index contributed by atoms with van der Waals surface area (Å²) in [7, 11) is 4.15. The average Bonchev–Trinajstić information content (AvgIpc) is 2.87. The van der Waals surface area contributed by atoms with Crippen LogP contribution in [0.2, 0.25) is 0 Å². The monoisotopic (exact) mass is 259 g/mol. The maximum atomic E-state index is 4.20. The first-order chi connectivity index (χ1) is 9.08. The highest BCUT2D eigenvalue weighted by Gasteiger charge is 2.16. The number of aryl methyl sites for hydroxylation is 2. The van der Waals surface area contributed by atoms with Crippen LogP contribution in [0.25, 0.3) is 0 Å². The number of nitrogens with zero attached hydrogens (tertiary/aromatic N) is 5. The first-order valence-corrected chi connectivity index (χ1v) is 6.52. The molecule has 0 aliphatic carbocycles. The number of hydrogen-bond donors (Lipinski definition) is 0. The predicted octanol–water partition coefficient (Wildman–Crippen LogP) is 1.83. The number of tetrazole rings is 1. The zero-order valence-electron chi connectivity index (χ0n) is 12.0. The molecule has 0 amide bonds. The van der Waals surface area contributed by atoms with Crippen molar-refractivity contribution in [3.63, 3.8) is 0 Å². The Balaban J connectivity index is 2.28. The average molecular weight is 259 g/mol. The third-order valence-corrected chi connectivity index (χ3v) is 3.41. The SMILES string of the molecule is Cc1ccc(C(CCN(C)C)n2ncnn2)cc1C. The Hall–Kier alpha value is -1.75. The van der Waals surface area contributed by atoms with Gasteiger partial charge in [-0.25, -0.2) is 0 Å². The smallest absolute Gasteiger partial charge is 0.162 e. The number of aromatic nitrogens is 4. The van der Waals surface area contributed by atoms with Gasteiger partial charge in [-0.3, -0.25) is 0 Å². The van der Waals surface area contributed by atoms with Crippen molar-refractivity contribution in [2.45, 2.75) is 26.3 Å². The van der Waals surface area contributed by atoms with Crippen LogP contribution in [-0.2, 0) is 0 Å².